The van der Waals surface area contributed by atoms with E-state index in [0.717, 1.165) is 11.4 Å². The summed E-state index contributed by atoms with van der Waals surface area (Å²) in [4.78, 5) is 4.21. The second-order valence-corrected chi connectivity index (χ2v) is 5.35. The maximum Gasteiger partial charge on any atom is 0.165 e. The average molecular weight is 291 g/mol. The number of halogens is 1. The van der Waals surface area contributed by atoms with Crippen molar-refractivity contribution in [1.82, 2.24) is 14.9 Å². The van der Waals surface area contributed by atoms with Crippen molar-refractivity contribution in [3.8, 4) is 5.75 Å². The lowest BCUT2D eigenvalue weighted by Gasteiger charge is -2.11. The van der Waals surface area contributed by atoms with E-state index in [4.69, 9.17) is 4.74 Å². The normalized spacial score (nSPS) is 11.1. The molecule has 2 aromatic rings. The largest absolute Gasteiger partial charge is 0.490 e. The van der Waals surface area contributed by atoms with E-state index in [9.17, 15) is 4.39 Å². The van der Waals surface area contributed by atoms with Crippen LogP contribution < -0.4 is 10.1 Å². The van der Waals surface area contributed by atoms with Crippen LogP contribution in [0.2, 0.25) is 0 Å². The third-order valence-corrected chi connectivity index (χ3v) is 3.21. The number of ether oxygens (including phenoxy) is 1. The summed E-state index contributed by atoms with van der Waals surface area (Å²) in [6.07, 6.45) is 4.28. The number of aryl methyl sites for hydroxylation is 1. The fourth-order valence-corrected chi connectivity index (χ4v) is 1.98. The van der Waals surface area contributed by atoms with E-state index in [-0.39, 0.29) is 11.6 Å². The van der Waals surface area contributed by atoms with Crippen molar-refractivity contribution in [3.63, 3.8) is 0 Å². The van der Waals surface area contributed by atoms with Crippen molar-refractivity contribution in [2.24, 2.45) is 7.05 Å². The molecule has 2 rings (SSSR count). The topological polar surface area (TPSA) is 39.1 Å². The first kappa shape index (κ1) is 15.5. The van der Waals surface area contributed by atoms with Crippen molar-refractivity contribution in [3.05, 3.63) is 47.8 Å². The van der Waals surface area contributed by atoms with Crippen LogP contribution in [0.3, 0.4) is 0 Å². The van der Waals surface area contributed by atoms with Gasteiger partial charge in [-0.25, -0.2) is 9.37 Å². The lowest BCUT2D eigenvalue weighted by molar-refractivity contribution is 0.301. The van der Waals surface area contributed by atoms with Crippen molar-refractivity contribution in [2.45, 2.75) is 32.9 Å². The lowest BCUT2D eigenvalue weighted by atomic mass is 10.2. The van der Waals surface area contributed by atoms with Crippen LogP contribution in [0.4, 0.5) is 4.39 Å². The van der Waals surface area contributed by atoms with Crippen LogP contribution in [-0.4, -0.2) is 22.2 Å². The molecule has 0 spiro atoms. The first-order valence-corrected chi connectivity index (χ1v) is 7.17. The van der Waals surface area contributed by atoms with Crippen molar-refractivity contribution in [1.29, 1.82) is 0 Å². The molecular weight excluding hydrogens is 269 g/mol. The smallest absolute Gasteiger partial charge is 0.165 e. The first-order chi connectivity index (χ1) is 10.1. The van der Waals surface area contributed by atoms with Crippen LogP contribution in [0.5, 0.6) is 5.75 Å². The van der Waals surface area contributed by atoms with Crippen molar-refractivity contribution in [2.75, 3.05) is 6.61 Å². The van der Waals surface area contributed by atoms with Crippen molar-refractivity contribution < 1.29 is 9.13 Å². The Kier molecular flexibility index (Phi) is 5.33. The van der Waals surface area contributed by atoms with E-state index in [1.54, 1.807) is 12.3 Å². The molecule has 0 atom stereocenters. The number of aromatic nitrogens is 2. The zero-order valence-corrected chi connectivity index (χ0v) is 12.8. The highest BCUT2D eigenvalue weighted by atomic mass is 19.1. The maximum absolute atomic E-state index is 13.9. The van der Waals surface area contributed by atoms with E-state index in [2.05, 4.69) is 24.1 Å². The van der Waals surface area contributed by atoms with Gasteiger partial charge in [0.05, 0.1) is 6.61 Å². The highest BCUT2D eigenvalue weighted by Gasteiger charge is 2.06. The standard InChI is InChI=1S/C16H22FN3O/c1-12(2)19-11-13-4-5-15(14(17)10-13)21-9-6-16-18-7-8-20(16)3/h4-5,7-8,10,12,19H,6,9,11H2,1-3H3. The summed E-state index contributed by atoms with van der Waals surface area (Å²) in [7, 11) is 1.93. The number of hydrogen-bond donors (Lipinski definition) is 1. The zero-order valence-electron chi connectivity index (χ0n) is 12.8. The summed E-state index contributed by atoms with van der Waals surface area (Å²) >= 11 is 0. The Labute approximate surface area is 125 Å². The summed E-state index contributed by atoms with van der Waals surface area (Å²) in [5, 5.41) is 3.26. The molecule has 1 heterocycles. The summed E-state index contributed by atoms with van der Waals surface area (Å²) in [5.74, 6) is 0.892. The molecule has 5 heteroatoms. The molecular formula is C16H22FN3O. The molecule has 0 aliphatic rings. The number of hydrogen-bond acceptors (Lipinski definition) is 3. The molecule has 21 heavy (non-hydrogen) atoms. The summed E-state index contributed by atoms with van der Waals surface area (Å²) in [6.45, 7) is 5.18. The Morgan fingerprint density at radius 3 is 2.81 bits per heavy atom. The summed E-state index contributed by atoms with van der Waals surface area (Å²) in [5.41, 5.74) is 0.914. The SMILES string of the molecule is CC(C)NCc1ccc(OCCc2nccn2C)c(F)c1. The van der Waals surface area contributed by atoms with Gasteiger partial charge in [0, 0.05) is 38.4 Å². The van der Waals surface area contributed by atoms with Gasteiger partial charge in [0.2, 0.25) is 0 Å². The van der Waals surface area contributed by atoms with E-state index in [1.165, 1.54) is 6.07 Å². The molecule has 1 aromatic carbocycles. The number of nitrogens with zero attached hydrogens (tertiary/aromatic N) is 2. The fourth-order valence-electron chi connectivity index (χ4n) is 1.98. The van der Waals surface area contributed by atoms with Crippen LogP contribution in [0.15, 0.2) is 30.6 Å². The molecule has 0 bridgehead atoms. The molecule has 0 aliphatic carbocycles. The average Bonchev–Trinajstić information content (AvgIpc) is 2.84. The number of benzene rings is 1. The number of imidazole rings is 1. The quantitative estimate of drug-likeness (QED) is 0.852. The van der Waals surface area contributed by atoms with Gasteiger partial charge in [-0.1, -0.05) is 19.9 Å². The minimum atomic E-state index is -0.321. The molecule has 0 saturated carbocycles. The molecule has 0 saturated heterocycles. The molecule has 0 aliphatic heterocycles. The molecule has 1 N–H and O–H groups in total. The van der Waals surface area contributed by atoms with Gasteiger partial charge in [0.25, 0.3) is 0 Å². The van der Waals surface area contributed by atoms with Crippen LogP contribution in [-0.2, 0) is 20.0 Å². The van der Waals surface area contributed by atoms with Gasteiger partial charge in [0.15, 0.2) is 11.6 Å². The second-order valence-electron chi connectivity index (χ2n) is 5.35. The molecule has 114 valence electrons. The van der Waals surface area contributed by atoms with Crippen LogP contribution >= 0.6 is 0 Å². The number of rotatable bonds is 7. The van der Waals surface area contributed by atoms with E-state index in [1.807, 2.05) is 23.9 Å². The molecule has 0 unspecified atom stereocenters. The van der Waals surface area contributed by atoms with Gasteiger partial charge in [-0.3, -0.25) is 0 Å². The lowest BCUT2D eigenvalue weighted by Crippen LogP contribution is -2.21. The van der Waals surface area contributed by atoms with Gasteiger partial charge in [-0.05, 0) is 17.7 Å². The highest BCUT2D eigenvalue weighted by Crippen LogP contribution is 2.18. The molecule has 0 radical (unpaired) electrons. The molecule has 0 amide bonds. The van der Waals surface area contributed by atoms with Gasteiger partial charge >= 0.3 is 0 Å². The predicted octanol–water partition coefficient (Wildman–Crippen LogP) is 2.68. The van der Waals surface area contributed by atoms with Gasteiger partial charge in [-0.15, -0.1) is 0 Å². The van der Waals surface area contributed by atoms with Crippen molar-refractivity contribution >= 4 is 0 Å². The molecule has 0 fully saturated rings. The summed E-state index contributed by atoms with van der Waals surface area (Å²) in [6, 6.07) is 5.47. The van der Waals surface area contributed by atoms with E-state index < -0.39 is 0 Å². The van der Waals surface area contributed by atoms with Crippen LogP contribution in [0.1, 0.15) is 25.2 Å². The van der Waals surface area contributed by atoms with Gasteiger partial charge < -0.3 is 14.6 Å². The minimum absolute atomic E-state index is 0.289. The zero-order chi connectivity index (χ0) is 15.2. The number of nitrogens with one attached hydrogen (secondary N) is 1. The molecule has 4 nitrogen and oxygen atoms in total. The maximum atomic E-state index is 13.9. The fraction of sp³-hybridized carbons (Fsp3) is 0.438. The first-order valence-electron chi connectivity index (χ1n) is 7.17. The Balaban J connectivity index is 1.87. The third-order valence-electron chi connectivity index (χ3n) is 3.21. The van der Waals surface area contributed by atoms with Gasteiger partial charge in [0.1, 0.15) is 5.82 Å². The van der Waals surface area contributed by atoms with Gasteiger partial charge in [-0.2, -0.15) is 0 Å². The summed E-state index contributed by atoms with van der Waals surface area (Å²) < 4.78 is 21.4. The Hall–Kier alpha value is -1.88. The monoisotopic (exact) mass is 291 g/mol. The predicted molar refractivity (Wildman–Crippen MR) is 80.8 cm³/mol. The third kappa shape index (κ3) is 4.56. The highest BCUT2D eigenvalue weighted by molar-refractivity contribution is 5.29. The molecule has 1 aromatic heterocycles. The van der Waals surface area contributed by atoms with E-state index in [0.29, 0.717) is 25.6 Å². The minimum Gasteiger partial charge on any atom is -0.490 e. The Bertz CT molecular complexity index is 581. The Morgan fingerprint density at radius 2 is 2.19 bits per heavy atom. The van der Waals surface area contributed by atoms with Crippen LogP contribution in [0.25, 0.3) is 0 Å². The van der Waals surface area contributed by atoms with Crippen LogP contribution in [0, 0.1) is 5.82 Å². The second kappa shape index (κ2) is 7.22. The van der Waals surface area contributed by atoms with E-state index >= 15 is 0 Å². The Morgan fingerprint density at radius 1 is 1.38 bits per heavy atom.